The van der Waals surface area contributed by atoms with Gasteiger partial charge >= 0.3 is 0 Å². The number of carbonyl (C=O) groups excluding carboxylic acids is 2. The number of nitrogens with zero attached hydrogens (tertiary/aromatic N) is 1. The van der Waals surface area contributed by atoms with Crippen molar-refractivity contribution in [2.24, 2.45) is 17.8 Å². The molecule has 0 radical (unpaired) electrons. The summed E-state index contributed by atoms with van der Waals surface area (Å²) >= 11 is 0. The molecule has 1 N–H and O–H groups in total. The number of hydrogen-bond donors (Lipinski definition) is 1. The molecule has 4 nitrogen and oxygen atoms in total. The second-order valence-electron chi connectivity index (χ2n) is 6.38. The maximum Gasteiger partial charge on any atom is 0.223 e. The zero-order valence-electron chi connectivity index (χ0n) is 12.4. The van der Waals surface area contributed by atoms with E-state index in [9.17, 15) is 9.59 Å². The van der Waals surface area contributed by atoms with E-state index in [1.165, 1.54) is 0 Å². The first kappa shape index (κ1) is 14.2. The van der Waals surface area contributed by atoms with E-state index in [4.69, 9.17) is 0 Å². The zero-order chi connectivity index (χ0) is 14.8. The first-order chi connectivity index (χ1) is 10.1. The molecular formula is C17H22N2O2. The van der Waals surface area contributed by atoms with Crippen LogP contribution in [0.25, 0.3) is 0 Å². The SMILES string of the molecule is C[C@@H](NC(=O)C1C[C@H]2CCC[C@@H](C1)C2=O)c1ccccn1. The average molecular weight is 286 g/mol. The highest BCUT2D eigenvalue weighted by Crippen LogP contribution is 2.40. The molecule has 1 unspecified atom stereocenters. The molecule has 2 fully saturated rings. The Hall–Kier alpha value is -1.71. The summed E-state index contributed by atoms with van der Waals surface area (Å²) in [6.07, 6.45) is 6.28. The van der Waals surface area contributed by atoms with Crippen LogP contribution < -0.4 is 5.32 Å². The summed E-state index contributed by atoms with van der Waals surface area (Å²) in [7, 11) is 0. The van der Waals surface area contributed by atoms with Crippen molar-refractivity contribution in [1.29, 1.82) is 0 Å². The number of nitrogens with one attached hydrogen (secondary N) is 1. The number of carbonyl (C=O) groups is 2. The van der Waals surface area contributed by atoms with Gasteiger partial charge in [0.05, 0.1) is 11.7 Å². The topological polar surface area (TPSA) is 59.1 Å². The minimum atomic E-state index is -0.0869. The Morgan fingerprint density at radius 1 is 1.29 bits per heavy atom. The van der Waals surface area contributed by atoms with Gasteiger partial charge in [0.15, 0.2) is 0 Å². The molecule has 0 spiro atoms. The fourth-order valence-corrected chi connectivity index (χ4v) is 3.73. The van der Waals surface area contributed by atoms with Gasteiger partial charge in [0, 0.05) is 24.0 Å². The summed E-state index contributed by atoms with van der Waals surface area (Å²) in [4.78, 5) is 28.8. The summed E-state index contributed by atoms with van der Waals surface area (Å²) in [5.41, 5.74) is 0.873. The summed E-state index contributed by atoms with van der Waals surface area (Å²) in [5.74, 6) is 0.724. The predicted molar refractivity (Wildman–Crippen MR) is 79.4 cm³/mol. The van der Waals surface area contributed by atoms with Gasteiger partial charge in [-0.25, -0.2) is 0 Å². The Balaban J connectivity index is 1.62. The number of amides is 1. The lowest BCUT2D eigenvalue weighted by Crippen LogP contribution is -2.43. The average Bonchev–Trinajstić information content (AvgIpc) is 2.47. The summed E-state index contributed by atoms with van der Waals surface area (Å²) in [6.45, 7) is 1.95. The molecule has 2 aliphatic rings. The van der Waals surface area contributed by atoms with E-state index < -0.39 is 0 Å². The van der Waals surface area contributed by atoms with Crippen LogP contribution in [-0.2, 0) is 9.59 Å². The van der Waals surface area contributed by atoms with E-state index in [2.05, 4.69) is 10.3 Å². The lowest BCUT2D eigenvalue weighted by atomic mass is 9.67. The Labute approximate surface area is 125 Å². The molecule has 1 amide bonds. The van der Waals surface area contributed by atoms with Crippen LogP contribution in [0.2, 0.25) is 0 Å². The highest BCUT2D eigenvalue weighted by atomic mass is 16.2. The van der Waals surface area contributed by atoms with E-state index in [1.807, 2.05) is 25.1 Å². The molecule has 1 heterocycles. The van der Waals surface area contributed by atoms with Gasteiger partial charge in [-0.1, -0.05) is 12.5 Å². The number of aromatic nitrogens is 1. The molecule has 2 bridgehead atoms. The third-order valence-electron chi connectivity index (χ3n) is 4.91. The van der Waals surface area contributed by atoms with Crippen molar-refractivity contribution in [3.8, 4) is 0 Å². The van der Waals surface area contributed by atoms with Crippen molar-refractivity contribution < 1.29 is 9.59 Å². The van der Waals surface area contributed by atoms with Crippen molar-refractivity contribution in [1.82, 2.24) is 10.3 Å². The Morgan fingerprint density at radius 3 is 2.62 bits per heavy atom. The van der Waals surface area contributed by atoms with Gasteiger partial charge in [-0.3, -0.25) is 14.6 Å². The summed E-state index contributed by atoms with van der Waals surface area (Å²) < 4.78 is 0. The first-order valence-electron chi connectivity index (χ1n) is 7.90. The molecule has 112 valence electrons. The summed E-state index contributed by atoms with van der Waals surface area (Å²) in [6, 6.07) is 5.63. The molecule has 4 atom stereocenters. The molecule has 2 saturated carbocycles. The van der Waals surface area contributed by atoms with Crippen LogP contribution in [-0.4, -0.2) is 16.7 Å². The van der Waals surface area contributed by atoms with Crippen LogP contribution in [0.5, 0.6) is 0 Å². The van der Waals surface area contributed by atoms with Crippen molar-refractivity contribution in [2.75, 3.05) is 0 Å². The Kier molecular flexibility index (Phi) is 4.04. The molecule has 4 heteroatoms. The first-order valence-corrected chi connectivity index (χ1v) is 7.90. The monoisotopic (exact) mass is 286 g/mol. The number of ketones is 1. The molecule has 0 saturated heterocycles. The van der Waals surface area contributed by atoms with E-state index in [0.717, 1.165) is 37.8 Å². The molecule has 21 heavy (non-hydrogen) atoms. The molecular weight excluding hydrogens is 264 g/mol. The van der Waals surface area contributed by atoms with Gasteiger partial charge in [0.1, 0.15) is 5.78 Å². The Bertz CT molecular complexity index is 513. The van der Waals surface area contributed by atoms with Crippen LogP contribution in [0.4, 0.5) is 0 Å². The van der Waals surface area contributed by atoms with Crippen LogP contribution in [0.1, 0.15) is 50.8 Å². The number of rotatable bonds is 3. The number of Topliss-reactive ketones (excluding diaryl/α,β-unsaturated/α-hetero) is 1. The second-order valence-corrected chi connectivity index (χ2v) is 6.38. The third-order valence-corrected chi connectivity index (χ3v) is 4.91. The van der Waals surface area contributed by atoms with Crippen LogP contribution in [0, 0.1) is 17.8 Å². The molecule has 2 aliphatic carbocycles. The second kappa shape index (κ2) is 5.96. The number of hydrogen-bond acceptors (Lipinski definition) is 3. The highest BCUT2D eigenvalue weighted by Gasteiger charge is 2.41. The van der Waals surface area contributed by atoms with Crippen LogP contribution >= 0.6 is 0 Å². The van der Waals surface area contributed by atoms with E-state index >= 15 is 0 Å². The fraction of sp³-hybridized carbons (Fsp3) is 0.588. The lowest BCUT2D eigenvalue weighted by Gasteiger charge is -2.37. The zero-order valence-corrected chi connectivity index (χ0v) is 12.4. The lowest BCUT2D eigenvalue weighted by molar-refractivity contribution is -0.137. The predicted octanol–water partition coefficient (Wildman–Crippen LogP) is 2.65. The van der Waals surface area contributed by atoms with Gasteiger partial charge in [-0.05, 0) is 44.7 Å². The van der Waals surface area contributed by atoms with Crippen molar-refractivity contribution in [2.45, 2.75) is 45.1 Å². The molecule has 0 aromatic carbocycles. The van der Waals surface area contributed by atoms with Gasteiger partial charge in [0.2, 0.25) is 5.91 Å². The normalized spacial score (nSPS) is 29.8. The largest absolute Gasteiger partial charge is 0.348 e. The van der Waals surface area contributed by atoms with Crippen molar-refractivity contribution in [3.05, 3.63) is 30.1 Å². The van der Waals surface area contributed by atoms with Crippen molar-refractivity contribution in [3.63, 3.8) is 0 Å². The van der Waals surface area contributed by atoms with Gasteiger partial charge in [-0.15, -0.1) is 0 Å². The maximum absolute atomic E-state index is 12.5. The summed E-state index contributed by atoms with van der Waals surface area (Å²) in [5, 5.41) is 3.06. The van der Waals surface area contributed by atoms with E-state index in [1.54, 1.807) is 6.20 Å². The van der Waals surface area contributed by atoms with Crippen molar-refractivity contribution >= 4 is 11.7 Å². The molecule has 0 aliphatic heterocycles. The fourth-order valence-electron chi connectivity index (χ4n) is 3.73. The smallest absolute Gasteiger partial charge is 0.223 e. The minimum absolute atomic E-state index is 0.0100. The molecule has 1 aromatic rings. The highest BCUT2D eigenvalue weighted by molar-refractivity contribution is 5.88. The van der Waals surface area contributed by atoms with Crippen LogP contribution in [0.3, 0.4) is 0 Å². The van der Waals surface area contributed by atoms with Gasteiger partial charge < -0.3 is 5.32 Å². The molecule has 1 aromatic heterocycles. The Morgan fingerprint density at radius 2 is 2.00 bits per heavy atom. The van der Waals surface area contributed by atoms with Crippen LogP contribution in [0.15, 0.2) is 24.4 Å². The quantitative estimate of drug-likeness (QED) is 0.929. The molecule has 3 rings (SSSR count). The minimum Gasteiger partial charge on any atom is -0.348 e. The number of fused-ring (bicyclic) bond motifs is 2. The standard InChI is InChI=1S/C17H22N2O2/c1-11(15-7-2-3-8-18-15)19-17(21)14-9-12-5-4-6-13(10-14)16(12)20/h2-3,7-8,11-14H,4-6,9-10H2,1H3,(H,19,21)/t11-,12-,13+,14?/m1/s1. The third kappa shape index (κ3) is 2.99. The maximum atomic E-state index is 12.5. The van der Waals surface area contributed by atoms with Gasteiger partial charge in [0.25, 0.3) is 0 Å². The van der Waals surface area contributed by atoms with Gasteiger partial charge in [-0.2, -0.15) is 0 Å². The van der Waals surface area contributed by atoms with E-state index in [-0.39, 0.29) is 29.7 Å². The van der Waals surface area contributed by atoms with E-state index in [0.29, 0.717) is 5.78 Å². The number of pyridine rings is 1.